The molecule has 6 heteroatoms. The van der Waals surface area contributed by atoms with Crippen molar-refractivity contribution in [1.82, 2.24) is 0 Å². The van der Waals surface area contributed by atoms with Gasteiger partial charge in [0.25, 0.3) is 0 Å². The van der Waals surface area contributed by atoms with Crippen LogP contribution in [-0.4, -0.2) is 25.0 Å². The highest BCUT2D eigenvalue weighted by molar-refractivity contribution is 5.73. The molecule has 4 N–H and O–H groups in total. The van der Waals surface area contributed by atoms with E-state index in [1.807, 2.05) is 0 Å². The third kappa shape index (κ3) is 10.9. The Kier molecular flexibility index (Phi) is 7.77. The minimum atomic E-state index is -0.359. The van der Waals surface area contributed by atoms with E-state index in [9.17, 15) is 9.59 Å². The van der Waals surface area contributed by atoms with Gasteiger partial charge in [-0.25, -0.2) is 9.78 Å². The van der Waals surface area contributed by atoms with Crippen LogP contribution >= 0.6 is 0 Å². The van der Waals surface area contributed by atoms with Gasteiger partial charge in [-0.3, -0.25) is 9.59 Å². The normalized spacial score (nSPS) is 10.0. The van der Waals surface area contributed by atoms with Gasteiger partial charge in [-0.05, 0) is 12.8 Å². The first-order valence-corrected chi connectivity index (χ1v) is 4.44. The summed E-state index contributed by atoms with van der Waals surface area (Å²) in [6.07, 6.45) is 1.63. The van der Waals surface area contributed by atoms with Crippen LogP contribution in [0.2, 0.25) is 0 Å². The maximum Gasteiger partial charge on any atom is 0.217 e. The first-order valence-electron chi connectivity index (χ1n) is 4.44. The molecule has 0 bridgehead atoms. The van der Waals surface area contributed by atoms with Crippen molar-refractivity contribution < 1.29 is 19.4 Å². The number of nitrogens with two attached hydrogens (primary N) is 2. The minimum Gasteiger partial charge on any atom is -0.370 e. The van der Waals surface area contributed by atoms with Gasteiger partial charge in [-0.1, -0.05) is 0 Å². The predicted octanol–water partition coefficient (Wildman–Crippen LogP) is -0.534. The average molecular weight is 204 g/mol. The molecule has 0 rings (SSSR count). The summed E-state index contributed by atoms with van der Waals surface area (Å²) >= 11 is 0. The van der Waals surface area contributed by atoms with Crippen molar-refractivity contribution in [1.29, 1.82) is 0 Å². The van der Waals surface area contributed by atoms with Crippen molar-refractivity contribution >= 4 is 11.8 Å². The topological polar surface area (TPSA) is 105 Å². The smallest absolute Gasteiger partial charge is 0.217 e. The minimum absolute atomic E-state index is 0.282. The van der Waals surface area contributed by atoms with Gasteiger partial charge in [-0.15, -0.1) is 0 Å². The van der Waals surface area contributed by atoms with Crippen molar-refractivity contribution in [2.75, 3.05) is 13.2 Å². The Labute approximate surface area is 82.5 Å². The zero-order chi connectivity index (χ0) is 10.8. The van der Waals surface area contributed by atoms with Crippen LogP contribution in [0.5, 0.6) is 0 Å². The molecule has 0 spiro atoms. The van der Waals surface area contributed by atoms with Gasteiger partial charge in [0, 0.05) is 12.8 Å². The third-order valence-electron chi connectivity index (χ3n) is 1.39. The molecule has 6 nitrogen and oxygen atoms in total. The summed E-state index contributed by atoms with van der Waals surface area (Å²) in [5.41, 5.74) is 9.80. The van der Waals surface area contributed by atoms with Crippen molar-refractivity contribution in [3.63, 3.8) is 0 Å². The number of amides is 2. The van der Waals surface area contributed by atoms with E-state index in [4.69, 9.17) is 21.2 Å². The van der Waals surface area contributed by atoms with E-state index in [1.165, 1.54) is 0 Å². The Morgan fingerprint density at radius 2 is 1.21 bits per heavy atom. The molecule has 0 saturated carbocycles. The molecule has 14 heavy (non-hydrogen) atoms. The molecule has 0 saturated heterocycles. The lowest BCUT2D eigenvalue weighted by molar-refractivity contribution is -0.294. The van der Waals surface area contributed by atoms with Crippen molar-refractivity contribution in [3.05, 3.63) is 0 Å². The molecule has 0 radical (unpaired) electrons. The Balaban J connectivity index is 2.99. The Morgan fingerprint density at radius 1 is 0.857 bits per heavy atom. The van der Waals surface area contributed by atoms with Crippen LogP contribution in [0.1, 0.15) is 25.7 Å². The van der Waals surface area contributed by atoms with Crippen LogP contribution in [0, 0.1) is 0 Å². The van der Waals surface area contributed by atoms with E-state index in [-0.39, 0.29) is 24.7 Å². The molecule has 0 fully saturated rings. The van der Waals surface area contributed by atoms with Gasteiger partial charge in [0.1, 0.15) is 0 Å². The second-order valence-electron chi connectivity index (χ2n) is 2.78. The van der Waals surface area contributed by atoms with Crippen LogP contribution < -0.4 is 11.5 Å². The van der Waals surface area contributed by atoms with Crippen LogP contribution in [-0.2, 0) is 19.4 Å². The number of rotatable bonds is 9. The van der Waals surface area contributed by atoms with E-state index in [2.05, 4.69) is 0 Å². The molecule has 82 valence electrons. The first kappa shape index (κ1) is 12.9. The molecule has 0 aromatic carbocycles. The lowest BCUT2D eigenvalue weighted by Crippen LogP contribution is -2.12. The summed E-state index contributed by atoms with van der Waals surface area (Å²) in [5, 5.41) is 0. The Bertz CT molecular complexity index is 164. The van der Waals surface area contributed by atoms with Crippen molar-refractivity contribution in [3.8, 4) is 0 Å². The summed E-state index contributed by atoms with van der Waals surface area (Å²) in [7, 11) is 0. The second-order valence-corrected chi connectivity index (χ2v) is 2.78. The highest BCUT2D eigenvalue weighted by atomic mass is 17.2. The van der Waals surface area contributed by atoms with Crippen molar-refractivity contribution in [2.45, 2.75) is 25.7 Å². The lowest BCUT2D eigenvalue weighted by atomic mass is 10.3. The van der Waals surface area contributed by atoms with E-state index in [1.54, 1.807) is 0 Å². The number of carbonyl (C=O) groups excluding carboxylic acids is 2. The van der Waals surface area contributed by atoms with E-state index >= 15 is 0 Å². The molecule has 0 aliphatic carbocycles. The first-order chi connectivity index (χ1) is 6.63. The number of carbonyl (C=O) groups is 2. The molecular weight excluding hydrogens is 188 g/mol. The molecule has 0 aliphatic rings. The zero-order valence-electron chi connectivity index (χ0n) is 8.03. The quantitative estimate of drug-likeness (QED) is 0.299. The van der Waals surface area contributed by atoms with Gasteiger partial charge in [-0.2, -0.15) is 0 Å². The summed E-state index contributed by atoms with van der Waals surface area (Å²) in [5.74, 6) is -0.718. The molecule has 0 aromatic rings. The van der Waals surface area contributed by atoms with Crippen LogP contribution in [0.25, 0.3) is 0 Å². The third-order valence-corrected chi connectivity index (χ3v) is 1.39. The standard InChI is InChI=1S/C8H16N2O4/c9-7(11)3-1-5-13-14-6-2-4-8(10)12/h1-6H2,(H2,9,11)(H2,10,12). The van der Waals surface area contributed by atoms with Crippen LogP contribution in [0.3, 0.4) is 0 Å². The molecule has 0 unspecified atom stereocenters. The molecule has 0 aromatic heterocycles. The van der Waals surface area contributed by atoms with Crippen LogP contribution in [0.15, 0.2) is 0 Å². The zero-order valence-corrected chi connectivity index (χ0v) is 8.03. The summed E-state index contributed by atoms with van der Waals surface area (Å²) in [6, 6.07) is 0. The van der Waals surface area contributed by atoms with E-state index in [0.29, 0.717) is 26.1 Å². The van der Waals surface area contributed by atoms with Gasteiger partial charge in [0.15, 0.2) is 0 Å². The maximum absolute atomic E-state index is 10.3. The lowest BCUT2D eigenvalue weighted by Gasteiger charge is -2.01. The van der Waals surface area contributed by atoms with Crippen molar-refractivity contribution in [2.24, 2.45) is 11.5 Å². The maximum atomic E-state index is 10.3. The summed E-state index contributed by atoms with van der Waals surface area (Å²) in [4.78, 5) is 30.0. The van der Waals surface area contributed by atoms with E-state index in [0.717, 1.165) is 0 Å². The van der Waals surface area contributed by atoms with Gasteiger partial charge >= 0.3 is 0 Å². The molecule has 2 amide bonds. The van der Waals surface area contributed by atoms with Gasteiger partial charge in [0.05, 0.1) is 13.2 Å². The highest BCUT2D eigenvalue weighted by Gasteiger charge is 1.96. The van der Waals surface area contributed by atoms with Gasteiger partial charge in [0.2, 0.25) is 11.8 Å². The summed E-state index contributed by atoms with van der Waals surface area (Å²) in [6.45, 7) is 0.638. The molecule has 0 atom stereocenters. The highest BCUT2D eigenvalue weighted by Crippen LogP contribution is 1.92. The number of primary amides is 2. The predicted molar refractivity (Wildman–Crippen MR) is 48.8 cm³/mol. The number of hydrogen-bond donors (Lipinski definition) is 2. The van der Waals surface area contributed by atoms with Gasteiger partial charge < -0.3 is 11.5 Å². The molecule has 0 heterocycles. The molecular formula is C8H16N2O4. The Morgan fingerprint density at radius 3 is 1.50 bits per heavy atom. The fraction of sp³-hybridized carbons (Fsp3) is 0.750. The Hall–Kier alpha value is -1.14. The average Bonchev–Trinajstić information content (AvgIpc) is 2.08. The van der Waals surface area contributed by atoms with E-state index < -0.39 is 0 Å². The SMILES string of the molecule is NC(=O)CCCOOCCCC(N)=O. The number of hydrogen-bond acceptors (Lipinski definition) is 4. The summed E-state index contributed by atoms with van der Waals surface area (Å²) < 4.78 is 0. The molecule has 0 aliphatic heterocycles. The fourth-order valence-corrected chi connectivity index (χ4v) is 0.729. The second kappa shape index (κ2) is 8.46. The largest absolute Gasteiger partial charge is 0.370 e. The fourth-order valence-electron chi connectivity index (χ4n) is 0.729. The monoisotopic (exact) mass is 204 g/mol. The van der Waals surface area contributed by atoms with Crippen LogP contribution in [0.4, 0.5) is 0 Å².